The molecule has 1 atom stereocenters. The van der Waals surface area contributed by atoms with Gasteiger partial charge in [-0.3, -0.25) is 4.79 Å². The van der Waals surface area contributed by atoms with Gasteiger partial charge in [-0.25, -0.2) is 4.79 Å². The second kappa shape index (κ2) is 5.24. The number of benzene rings is 1. The molecular formula is C11H12ClNO5. The van der Waals surface area contributed by atoms with Gasteiger partial charge < -0.3 is 20.6 Å². The number of nitrogens with one attached hydrogen (secondary N) is 1. The molecule has 0 saturated heterocycles. The smallest absolute Gasteiger partial charge is 0.337 e. The third-order valence-corrected chi connectivity index (χ3v) is 2.57. The van der Waals surface area contributed by atoms with Gasteiger partial charge in [-0.15, -0.1) is 0 Å². The quantitative estimate of drug-likeness (QED) is 0.643. The number of carboxylic acids is 1. The van der Waals surface area contributed by atoms with Crippen LogP contribution in [0, 0.1) is 0 Å². The maximum absolute atomic E-state index is 11.6. The Morgan fingerprint density at radius 1 is 1.44 bits per heavy atom. The molecule has 7 heteroatoms. The van der Waals surface area contributed by atoms with E-state index in [1.54, 1.807) is 0 Å². The summed E-state index contributed by atoms with van der Waals surface area (Å²) in [4.78, 5) is 22.2. The minimum Gasteiger partial charge on any atom is -0.506 e. The molecule has 4 N–H and O–H groups in total. The van der Waals surface area contributed by atoms with E-state index >= 15 is 0 Å². The van der Waals surface area contributed by atoms with Crippen LogP contribution >= 0.6 is 11.6 Å². The number of rotatable bonds is 4. The SMILES string of the molecule is CC(O)(CNC(=O)c1ccc(O)c(Cl)c1)C(=O)O. The molecule has 0 bridgehead atoms. The first-order valence-corrected chi connectivity index (χ1v) is 5.34. The minimum atomic E-state index is -2.05. The Morgan fingerprint density at radius 3 is 2.56 bits per heavy atom. The number of phenolic OH excluding ortho intramolecular Hbond substituents is 1. The lowest BCUT2D eigenvalue weighted by molar-refractivity contribution is -0.155. The van der Waals surface area contributed by atoms with Crippen molar-refractivity contribution in [3.05, 3.63) is 28.8 Å². The Hall–Kier alpha value is -1.79. The van der Waals surface area contributed by atoms with Gasteiger partial charge in [0.2, 0.25) is 0 Å². The van der Waals surface area contributed by atoms with Gasteiger partial charge in [0, 0.05) is 5.56 Å². The van der Waals surface area contributed by atoms with E-state index in [0.29, 0.717) is 0 Å². The monoisotopic (exact) mass is 273 g/mol. The number of carbonyl (C=O) groups excluding carboxylic acids is 1. The number of hydrogen-bond acceptors (Lipinski definition) is 4. The van der Waals surface area contributed by atoms with E-state index < -0.39 is 24.0 Å². The van der Waals surface area contributed by atoms with Crippen LogP contribution < -0.4 is 5.32 Å². The average molecular weight is 274 g/mol. The van der Waals surface area contributed by atoms with Gasteiger partial charge in [0.1, 0.15) is 5.75 Å². The first-order chi connectivity index (χ1) is 8.24. The molecule has 0 aromatic heterocycles. The predicted molar refractivity (Wildman–Crippen MR) is 63.7 cm³/mol. The molecule has 18 heavy (non-hydrogen) atoms. The highest BCUT2D eigenvalue weighted by molar-refractivity contribution is 6.32. The fourth-order valence-corrected chi connectivity index (χ4v) is 1.26. The molecule has 1 aromatic rings. The summed E-state index contributed by atoms with van der Waals surface area (Å²) in [5.41, 5.74) is -1.89. The number of halogens is 1. The molecule has 0 spiro atoms. The molecule has 0 aliphatic heterocycles. The summed E-state index contributed by atoms with van der Waals surface area (Å²) in [5, 5.41) is 29.5. The van der Waals surface area contributed by atoms with Crippen molar-refractivity contribution in [2.24, 2.45) is 0 Å². The lowest BCUT2D eigenvalue weighted by Gasteiger charge is -2.18. The van der Waals surface area contributed by atoms with Crippen molar-refractivity contribution < 1.29 is 24.9 Å². The summed E-state index contributed by atoms with van der Waals surface area (Å²) in [7, 11) is 0. The molecule has 0 heterocycles. The molecule has 0 fully saturated rings. The topological polar surface area (TPSA) is 107 Å². The first kappa shape index (κ1) is 14.3. The van der Waals surface area contributed by atoms with Crippen LogP contribution in [-0.4, -0.2) is 39.3 Å². The van der Waals surface area contributed by atoms with E-state index in [0.717, 1.165) is 6.92 Å². The molecule has 6 nitrogen and oxygen atoms in total. The summed E-state index contributed by atoms with van der Waals surface area (Å²) in [5.74, 6) is -2.20. The van der Waals surface area contributed by atoms with Crippen molar-refractivity contribution >= 4 is 23.5 Å². The maximum Gasteiger partial charge on any atom is 0.337 e. The Bertz CT molecular complexity index is 486. The minimum absolute atomic E-state index is 0.00708. The van der Waals surface area contributed by atoms with Gasteiger partial charge in [-0.2, -0.15) is 0 Å². The molecule has 0 aliphatic carbocycles. The Balaban J connectivity index is 2.72. The van der Waals surface area contributed by atoms with Crippen LogP contribution in [0.3, 0.4) is 0 Å². The Labute approximate surface area is 108 Å². The van der Waals surface area contributed by atoms with E-state index in [4.69, 9.17) is 16.7 Å². The van der Waals surface area contributed by atoms with Crippen LogP contribution in [0.4, 0.5) is 0 Å². The second-order valence-electron chi connectivity index (χ2n) is 3.93. The van der Waals surface area contributed by atoms with Crippen LogP contribution in [-0.2, 0) is 4.79 Å². The summed E-state index contributed by atoms with van der Waals surface area (Å²) in [6.07, 6.45) is 0. The highest BCUT2D eigenvalue weighted by Crippen LogP contribution is 2.23. The zero-order valence-corrected chi connectivity index (χ0v) is 10.2. The fraction of sp³-hybridized carbons (Fsp3) is 0.273. The second-order valence-corrected chi connectivity index (χ2v) is 4.34. The van der Waals surface area contributed by atoms with Gasteiger partial charge in [-0.1, -0.05) is 11.6 Å². The third kappa shape index (κ3) is 3.35. The summed E-state index contributed by atoms with van der Waals surface area (Å²) in [6.45, 7) is 0.624. The summed E-state index contributed by atoms with van der Waals surface area (Å²) >= 11 is 5.62. The van der Waals surface area contributed by atoms with Crippen molar-refractivity contribution in [3.63, 3.8) is 0 Å². The van der Waals surface area contributed by atoms with Crippen LogP contribution in [0.25, 0.3) is 0 Å². The largest absolute Gasteiger partial charge is 0.506 e. The van der Waals surface area contributed by atoms with Crippen molar-refractivity contribution in [1.29, 1.82) is 0 Å². The zero-order chi connectivity index (χ0) is 13.9. The van der Waals surface area contributed by atoms with Crippen molar-refractivity contribution in [1.82, 2.24) is 5.32 Å². The lowest BCUT2D eigenvalue weighted by atomic mass is 10.1. The zero-order valence-electron chi connectivity index (χ0n) is 9.48. The van der Waals surface area contributed by atoms with Gasteiger partial charge in [0.15, 0.2) is 5.60 Å². The van der Waals surface area contributed by atoms with Gasteiger partial charge >= 0.3 is 5.97 Å². The van der Waals surface area contributed by atoms with Crippen LogP contribution in [0.2, 0.25) is 5.02 Å². The number of hydrogen-bond donors (Lipinski definition) is 4. The number of amides is 1. The van der Waals surface area contributed by atoms with E-state index in [-0.39, 0.29) is 16.3 Å². The maximum atomic E-state index is 11.6. The molecule has 1 aromatic carbocycles. The lowest BCUT2D eigenvalue weighted by Crippen LogP contribution is -2.46. The molecule has 1 unspecified atom stereocenters. The number of carbonyl (C=O) groups is 2. The molecule has 0 saturated carbocycles. The third-order valence-electron chi connectivity index (χ3n) is 2.26. The highest BCUT2D eigenvalue weighted by Gasteiger charge is 2.30. The standard InChI is InChI=1S/C11H12ClNO5/c1-11(18,10(16)17)5-13-9(15)6-2-3-8(14)7(12)4-6/h2-4,14,18H,5H2,1H3,(H,13,15)(H,16,17). The van der Waals surface area contributed by atoms with E-state index in [9.17, 15) is 19.8 Å². The summed E-state index contributed by atoms with van der Waals surface area (Å²) in [6, 6.07) is 3.81. The Morgan fingerprint density at radius 2 is 2.06 bits per heavy atom. The van der Waals surface area contributed by atoms with Crippen molar-refractivity contribution in [2.45, 2.75) is 12.5 Å². The first-order valence-electron chi connectivity index (χ1n) is 4.96. The van der Waals surface area contributed by atoms with Gasteiger partial charge in [0.25, 0.3) is 5.91 Å². The van der Waals surface area contributed by atoms with E-state index in [2.05, 4.69) is 5.32 Å². The number of aliphatic carboxylic acids is 1. The van der Waals surface area contributed by atoms with Gasteiger partial charge in [-0.05, 0) is 25.1 Å². The normalized spacial score (nSPS) is 13.7. The average Bonchev–Trinajstić information content (AvgIpc) is 2.29. The number of phenols is 1. The molecule has 1 rings (SSSR count). The summed E-state index contributed by atoms with van der Waals surface area (Å²) < 4.78 is 0. The number of aliphatic hydroxyl groups is 1. The Kier molecular flexibility index (Phi) is 4.15. The van der Waals surface area contributed by atoms with E-state index in [1.807, 2.05) is 0 Å². The van der Waals surface area contributed by atoms with Crippen molar-refractivity contribution in [2.75, 3.05) is 6.54 Å². The molecule has 1 amide bonds. The predicted octanol–water partition coefficient (Wildman–Crippen LogP) is 0.611. The van der Waals surface area contributed by atoms with Gasteiger partial charge in [0.05, 0.1) is 11.6 Å². The van der Waals surface area contributed by atoms with Crippen LogP contribution in [0.1, 0.15) is 17.3 Å². The number of aromatic hydroxyl groups is 1. The molecule has 98 valence electrons. The highest BCUT2D eigenvalue weighted by atomic mass is 35.5. The van der Waals surface area contributed by atoms with Crippen LogP contribution in [0.5, 0.6) is 5.75 Å². The molecule has 0 aliphatic rings. The van der Waals surface area contributed by atoms with Crippen LogP contribution in [0.15, 0.2) is 18.2 Å². The molecular weight excluding hydrogens is 262 g/mol. The molecule has 0 radical (unpaired) electrons. The van der Waals surface area contributed by atoms with Crippen molar-refractivity contribution in [3.8, 4) is 5.75 Å². The number of carboxylic acid groups (broad SMARTS) is 1. The fourth-order valence-electron chi connectivity index (χ4n) is 1.08. The van der Waals surface area contributed by atoms with E-state index in [1.165, 1.54) is 18.2 Å².